The molecular weight excluding hydrogens is 258 g/mol. The number of hydrogen-bond donors (Lipinski definition) is 1. The molecule has 2 aromatic rings. The van der Waals surface area contributed by atoms with E-state index < -0.39 is 0 Å². The van der Waals surface area contributed by atoms with Crippen LogP contribution in [0.5, 0.6) is 5.75 Å². The lowest BCUT2D eigenvalue weighted by Gasteiger charge is -2.07. The fourth-order valence-electron chi connectivity index (χ4n) is 1.49. The van der Waals surface area contributed by atoms with Gasteiger partial charge in [-0.25, -0.2) is 0 Å². The molecule has 1 N–H and O–H groups in total. The quantitative estimate of drug-likeness (QED) is 0.818. The van der Waals surface area contributed by atoms with Crippen LogP contribution < -0.4 is 10.1 Å². The summed E-state index contributed by atoms with van der Waals surface area (Å²) in [4.78, 5) is 11.5. The Labute approximate surface area is 115 Å². The van der Waals surface area contributed by atoms with Crippen molar-refractivity contribution in [3.63, 3.8) is 0 Å². The summed E-state index contributed by atoms with van der Waals surface area (Å²) in [5, 5.41) is 18.8. The minimum Gasteiger partial charge on any atom is -0.484 e. The van der Waals surface area contributed by atoms with Gasteiger partial charge in [-0.3, -0.25) is 9.48 Å². The lowest BCUT2D eigenvalue weighted by Crippen LogP contribution is -2.31. The number of nitrogens with one attached hydrogen (secondary N) is 1. The molecule has 1 heterocycles. The molecule has 0 spiro atoms. The van der Waals surface area contributed by atoms with Gasteiger partial charge in [-0.1, -0.05) is 5.21 Å². The molecule has 0 aliphatic heterocycles. The van der Waals surface area contributed by atoms with E-state index in [-0.39, 0.29) is 12.5 Å². The van der Waals surface area contributed by atoms with Gasteiger partial charge in [0.15, 0.2) is 6.61 Å². The maximum absolute atomic E-state index is 11.5. The van der Waals surface area contributed by atoms with Crippen molar-refractivity contribution in [1.82, 2.24) is 20.3 Å². The van der Waals surface area contributed by atoms with E-state index in [1.54, 1.807) is 41.3 Å². The fourth-order valence-corrected chi connectivity index (χ4v) is 1.49. The molecule has 0 aliphatic carbocycles. The zero-order valence-electron chi connectivity index (χ0n) is 10.7. The molecule has 1 aromatic carbocycles. The molecule has 0 atom stereocenters. The normalized spacial score (nSPS) is 9.75. The monoisotopic (exact) mass is 271 g/mol. The smallest absolute Gasteiger partial charge is 0.258 e. The third-order valence-electron chi connectivity index (χ3n) is 2.49. The highest BCUT2D eigenvalue weighted by Crippen LogP contribution is 2.10. The van der Waals surface area contributed by atoms with Gasteiger partial charge in [0.2, 0.25) is 0 Å². The van der Waals surface area contributed by atoms with Crippen LogP contribution >= 0.6 is 0 Å². The topological polar surface area (TPSA) is 92.8 Å². The van der Waals surface area contributed by atoms with E-state index in [1.165, 1.54) is 0 Å². The maximum Gasteiger partial charge on any atom is 0.258 e. The van der Waals surface area contributed by atoms with Crippen LogP contribution in [0.25, 0.3) is 0 Å². The second-order valence-electron chi connectivity index (χ2n) is 3.94. The Bertz CT molecular complexity index is 586. The Balaban J connectivity index is 1.68. The molecule has 0 fully saturated rings. The Kier molecular flexibility index (Phi) is 4.67. The van der Waals surface area contributed by atoms with Gasteiger partial charge < -0.3 is 10.1 Å². The number of rotatable bonds is 6. The van der Waals surface area contributed by atoms with Crippen LogP contribution in [-0.2, 0) is 11.3 Å². The van der Waals surface area contributed by atoms with Crippen molar-refractivity contribution in [3.8, 4) is 11.8 Å². The van der Waals surface area contributed by atoms with Crippen molar-refractivity contribution in [3.05, 3.63) is 42.2 Å². The van der Waals surface area contributed by atoms with E-state index in [0.717, 1.165) is 0 Å². The number of carbonyl (C=O) groups is 1. The standard InChI is InChI=1S/C13H13N5O2/c14-9-11-1-3-12(4-2-11)20-10-13(19)15-5-7-18-8-6-16-17-18/h1-4,6,8H,5,7,10H2,(H,15,19). The van der Waals surface area contributed by atoms with Crippen molar-refractivity contribution < 1.29 is 9.53 Å². The van der Waals surface area contributed by atoms with Crippen LogP contribution in [0.2, 0.25) is 0 Å². The predicted octanol–water partition coefficient (Wildman–Crippen LogP) is 0.345. The maximum atomic E-state index is 11.5. The van der Waals surface area contributed by atoms with Crippen molar-refractivity contribution >= 4 is 5.91 Å². The highest BCUT2D eigenvalue weighted by Gasteiger charge is 2.02. The van der Waals surface area contributed by atoms with Gasteiger partial charge in [-0.15, -0.1) is 5.10 Å². The molecular formula is C13H13N5O2. The highest BCUT2D eigenvalue weighted by atomic mass is 16.5. The molecule has 0 saturated heterocycles. The summed E-state index contributed by atoms with van der Waals surface area (Å²) in [6.45, 7) is 0.949. The molecule has 1 aromatic heterocycles. The molecule has 0 unspecified atom stereocenters. The number of benzene rings is 1. The first-order chi connectivity index (χ1) is 9.78. The van der Waals surface area contributed by atoms with Gasteiger partial charge in [0.25, 0.3) is 5.91 Å². The summed E-state index contributed by atoms with van der Waals surface area (Å²) in [6.07, 6.45) is 3.30. The second-order valence-corrected chi connectivity index (χ2v) is 3.94. The highest BCUT2D eigenvalue weighted by molar-refractivity contribution is 5.77. The first-order valence-corrected chi connectivity index (χ1v) is 6.01. The van der Waals surface area contributed by atoms with Gasteiger partial charge >= 0.3 is 0 Å². The van der Waals surface area contributed by atoms with Crippen molar-refractivity contribution in [2.24, 2.45) is 0 Å². The zero-order chi connectivity index (χ0) is 14.2. The molecule has 0 bridgehead atoms. The first kappa shape index (κ1) is 13.5. The average Bonchev–Trinajstić information content (AvgIpc) is 2.99. The molecule has 1 amide bonds. The van der Waals surface area contributed by atoms with Crippen LogP contribution in [0.1, 0.15) is 5.56 Å². The summed E-state index contributed by atoms with van der Waals surface area (Å²) in [6, 6.07) is 8.59. The molecule has 7 heteroatoms. The fraction of sp³-hybridized carbons (Fsp3) is 0.231. The molecule has 0 saturated carbocycles. The molecule has 20 heavy (non-hydrogen) atoms. The van der Waals surface area contributed by atoms with Crippen molar-refractivity contribution in [2.45, 2.75) is 6.54 Å². The number of carbonyl (C=O) groups excluding carboxylic acids is 1. The van der Waals surface area contributed by atoms with E-state index in [2.05, 4.69) is 15.6 Å². The summed E-state index contributed by atoms with van der Waals surface area (Å²) in [7, 11) is 0. The van der Waals surface area contributed by atoms with Gasteiger partial charge in [0, 0.05) is 12.7 Å². The van der Waals surface area contributed by atoms with E-state index >= 15 is 0 Å². The summed E-state index contributed by atoms with van der Waals surface area (Å²) >= 11 is 0. The third kappa shape index (κ3) is 4.10. The van der Waals surface area contributed by atoms with Gasteiger partial charge in [0.05, 0.1) is 24.4 Å². The Morgan fingerprint density at radius 3 is 2.85 bits per heavy atom. The lowest BCUT2D eigenvalue weighted by atomic mass is 10.2. The van der Waals surface area contributed by atoms with E-state index in [9.17, 15) is 4.79 Å². The molecule has 7 nitrogen and oxygen atoms in total. The second kappa shape index (κ2) is 6.89. The Morgan fingerprint density at radius 1 is 1.40 bits per heavy atom. The van der Waals surface area contributed by atoms with Gasteiger partial charge in [-0.2, -0.15) is 5.26 Å². The molecule has 0 aliphatic rings. The van der Waals surface area contributed by atoms with Gasteiger partial charge in [-0.05, 0) is 24.3 Å². The number of hydrogen-bond acceptors (Lipinski definition) is 5. The third-order valence-corrected chi connectivity index (χ3v) is 2.49. The number of amides is 1. The molecule has 2 rings (SSSR count). The Hall–Kier alpha value is -2.88. The van der Waals surface area contributed by atoms with E-state index in [1.807, 2.05) is 6.07 Å². The largest absolute Gasteiger partial charge is 0.484 e. The predicted molar refractivity (Wildman–Crippen MR) is 69.7 cm³/mol. The van der Waals surface area contributed by atoms with Gasteiger partial charge in [0.1, 0.15) is 5.75 Å². The SMILES string of the molecule is N#Cc1ccc(OCC(=O)NCCn2ccnn2)cc1. The van der Waals surface area contributed by atoms with Crippen LogP contribution in [0.3, 0.4) is 0 Å². The number of aromatic nitrogens is 3. The lowest BCUT2D eigenvalue weighted by molar-refractivity contribution is -0.123. The molecule has 102 valence electrons. The number of ether oxygens (including phenoxy) is 1. The summed E-state index contributed by atoms with van der Waals surface area (Å²) in [5.74, 6) is 0.338. The number of nitriles is 1. The minimum absolute atomic E-state index is 0.0662. The Morgan fingerprint density at radius 2 is 2.20 bits per heavy atom. The van der Waals surface area contributed by atoms with Crippen LogP contribution in [-0.4, -0.2) is 34.1 Å². The summed E-state index contributed by atoms with van der Waals surface area (Å²) < 4.78 is 6.93. The first-order valence-electron chi connectivity index (χ1n) is 6.01. The van der Waals surface area contributed by atoms with Crippen LogP contribution in [0, 0.1) is 11.3 Å². The van der Waals surface area contributed by atoms with Crippen molar-refractivity contribution in [1.29, 1.82) is 5.26 Å². The van der Waals surface area contributed by atoms with E-state index in [4.69, 9.17) is 10.00 Å². The zero-order valence-corrected chi connectivity index (χ0v) is 10.7. The molecule has 0 radical (unpaired) electrons. The van der Waals surface area contributed by atoms with E-state index in [0.29, 0.717) is 24.4 Å². The van der Waals surface area contributed by atoms with Crippen molar-refractivity contribution in [2.75, 3.05) is 13.2 Å². The number of nitrogens with zero attached hydrogens (tertiary/aromatic N) is 4. The average molecular weight is 271 g/mol. The summed E-state index contributed by atoms with van der Waals surface area (Å²) in [5.41, 5.74) is 0.551. The van der Waals surface area contributed by atoms with Crippen LogP contribution in [0.15, 0.2) is 36.7 Å². The minimum atomic E-state index is -0.213. The van der Waals surface area contributed by atoms with Crippen LogP contribution in [0.4, 0.5) is 0 Å².